The Hall–Kier alpha value is -0.770. The molecule has 92 valence electrons. The summed E-state index contributed by atoms with van der Waals surface area (Å²) in [5.41, 5.74) is -0.754. The first-order valence-corrected chi connectivity index (χ1v) is 6.00. The average molecular weight is 227 g/mol. The minimum atomic E-state index is -0.463. The summed E-state index contributed by atoms with van der Waals surface area (Å²) < 4.78 is 5.38. The molecule has 2 fully saturated rings. The van der Waals surface area contributed by atoms with Crippen LogP contribution >= 0.6 is 0 Å². The standard InChI is InChI=1S/C12H21NO3/c1-11(2,3)16-10(15)13-6-4-5-9-7-12(9,13)8-14/h9,14H,4-8H2,1-3H3. The van der Waals surface area contributed by atoms with E-state index in [2.05, 4.69) is 0 Å². The molecule has 1 N–H and O–H groups in total. The molecule has 2 unspecified atom stereocenters. The number of aliphatic hydroxyl groups is 1. The number of nitrogens with zero attached hydrogens (tertiary/aromatic N) is 1. The van der Waals surface area contributed by atoms with Crippen LogP contribution in [0.2, 0.25) is 0 Å². The first-order valence-electron chi connectivity index (χ1n) is 6.00. The lowest BCUT2D eigenvalue weighted by Gasteiger charge is -2.36. The van der Waals surface area contributed by atoms with E-state index in [1.54, 1.807) is 4.90 Å². The number of hydrogen-bond acceptors (Lipinski definition) is 3. The summed E-state index contributed by atoms with van der Waals surface area (Å²) in [5.74, 6) is 0.485. The highest BCUT2D eigenvalue weighted by Crippen LogP contribution is 2.53. The number of hydrogen-bond donors (Lipinski definition) is 1. The van der Waals surface area contributed by atoms with Crippen molar-refractivity contribution in [2.24, 2.45) is 5.92 Å². The number of piperidine rings is 1. The molecule has 2 rings (SSSR count). The fraction of sp³-hybridized carbons (Fsp3) is 0.917. The van der Waals surface area contributed by atoms with Crippen LogP contribution in [0.1, 0.15) is 40.0 Å². The van der Waals surface area contributed by atoms with Gasteiger partial charge >= 0.3 is 6.09 Å². The maximum absolute atomic E-state index is 12.0. The van der Waals surface area contributed by atoms with Crippen LogP contribution in [-0.4, -0.2) is 40.4 Å². The number of carbonyl (C=O) groups excluding carboxylic acids is 1. The third kappa shape index (κ3) is 1.90. The molecule has 1 saturated heterocycles. The van der Waals surface area contributed by atoms with Crippen molar-refractivity contribution < 1.29 is 14.6 Å². The predicted octanol–water partition coefficient (Wildman–Crippen LogP) is 1.77. The van der Waals surface area contributed by atoms with E-state index < -0.39 is 5.60 Å². The van der Waals surface area contributed by atoms with Crippen LogP contribution in [-0.2, 0) is 4.74 Å². The molecule has 4 heteroatoms. The molecule has 2 aliphatic rings. The fourth-order valence-corrected chi connectivity index (χ4v) is 2.66. The largest absolute Gasteiger partial charge is 0.444 e. The van der Waals surface area contributed by atoms with E-state index >= 15 is 0 Å². The Labute approximate surface area is 96.6 Å². The van der Waals surface area contributed by atoms with Crippen molar-refractivity contribution in [3.63, 3.8) is 0 Å². The van der Waals surface area contributed by atoms with Crippen LogP contribution in [0.25, 0.3) is 0 Å². The van der Waals surface area contributed by atoms with Gasteiger partial charge in [-0.2, -0.15) is 0 Å². The summed E-state index contributed by atoms with van der Waals surface area (Å²) in [6.07, 6.45) is 2.80. The quantitative estimate of drug-likeness (QED) is 0.742. The number of amides is 1. The molecule has 4 nitrogen and oxygen atoms in total. The van der Waals surface area contributed by atoms with Crippen LogP contribution in [0.3, 0.4) is 0 Å². The normalized spacial score (nSPS) is 33.2. The van der Waals surface area contributed by atoms with E-state index in [9.17, 15) is 9.90 Å². The highest BCUT2D eigenvalue weighted by atomic mass is 16.6. The van der Waals surface area contributed by atoms with Gasteiger partial charge in [-0.25, -0.2) is 4.79 Å². The van der Waals surface area contributed by atoms with Gasteiger partial charge < -0.3 is 9.84 Å². The molecule has 1 aliphatic heterocycles. The van der Waals surface area contributed by atoms with E-state index in [1.165, 1.54) is 0 Å². The zero-order valence-corrected chi connectivity index (χ0v) is 10.3. The zero-order chi connectivity index (χ0) is 12.0. The van der Waals surface area contributed by atoms with Gasteiger partial charge in [0.1, 0.15) is 5.60 Å². The second-order valence-corrected chi connectivity index (χ2v) is 5.94. The summed E-state index contributed by atoms with van der Waals surface area (Å²) in [4.78, 5) is 13.7. The Kier molecular flexibility index (Phi) is 2.65. The monoisotopic (exact) mass is 227 g/mol. The van der Waals surface area contributed by atoms with Gasteiger partial charge in [0.15, 0.2) is 0 Å². The van der Waals surface area contributed by atoms with Gasteiger partial charge in [-0.1, -0.05) is 0 Å². The van der Waals surface area contributed by atoms with Crippen molar-refractivity contribution in [3.05, 3.63) is 0 Å². The average Bonchev–Trinajstić information content (AvgIpc) is 2.88. The molecule has 16 heavy (non-hydrogen) atoms. The van der Waals surface area contributed by atoms with Crippen molar-refractivity contribution in [2.75, 3.05) is 13.2 Å². The Morgan fingerprint density at radius 3 is 2.81 bits per heavy atom. The number of rotatable bonds is 1. The predicted molar refractivity (Wildman–Crippen MR) is 60.1 cm³/mol. The maximum Gasteiger partial charge on any atom is 0.410 e. The smallest absolute Gasteiger partial charge is 0.410 e. The number of ether oxygens (including phenoxy) is 1. The molecular formula is C12H21NO3. The lowest BCUT2D eigenvalue weighted by atomic mass is 10.0. The molecule has 0 aromatic heterocycles. The number of likely N-dealkylation sites (tertiary alicyclic amines) is 1. The highest BCUT2D eigenvalue weighted by molar-refractivity contribution is 5.70. The molecule has 1 heterocycles. The molecule has 1 aliphatic carbocycles. The summed E-state index contributed by atoms with van der Waals surface area (Å²) >= 11 is 0. The molecule has 0 spiro atoms. The number of aliphatic hydroxyl groups excluding tert-OH is 1. The SMILES string of the molecule is CC(C)(C)OC(=O)N1CCCC2CC21CO. The van der Waals surface area contributed by atoms with Crippen molar-refractivity contribution >= 4 is 6.09 Å². The summed E-state index contributed by atoms with van der Waals surface area (Å²) in [5, 5.41) is 9.46. The number of fused-ring (bicyclic) bond motifs is 1. The van der Waals surface area contributed by atoms with Crippen LogP contribution in [0.15, 0.2) is 0 Å². The first-order chi connectivity index (χ1) is 7.39. The lowest BCUT2D eigenvalue weighted by Crippen LogP contribution is -2.50. The van der Waals surface area contributed by atoms with E-state index in [-0.39, 0.29) is 18.2 Å². The van der Waals surface area contributed by atoms with Crippen LogP contribution in [0.4, 0.5) is 4.79 Å². The van der Waals surface area contributed by atoms with E-state index in [1.807, 2.05) is 20.8 Å². The minimum Gasteiger partial charge on any atom is -0.444 e. The zero-order valence-electron chi connectivity index (χ0n) is 10.3. The number of carbonyl (C=O) groups is 1. The van der Waals surface area contributed by atoms with Gasteiger partial charge in [-0.05, 0) is 46.0 Å². The van der Waals surface area contributed by atoms with Crippen LogP contribution in [0.5, 0.6) is 0 Å². The van der Waals surface area contributed by atoms with Gasteiger partial charge in [-0.15, -0.1) is 0 Å². The summed E-state index contributed by atoms with van der Waals surface area (Å²) in [6, 6.07) is 0. The molecule has 0 aromatic rings. The topological polar surface area (TPSA) is 49.8 Å². The van der Waals surface area contributed by atoms with Crippen molar-refractivity contribution in [1.29, 1.82) is 0 Å². The van der Waals surface area contributed by atoms with E-state index in [0.717, 1.165) is 19.3 Å². The Bertz CT molecular complexity index is 297. The van der Waals surface area contributed by atoms with Crippen LogP contribution < -0.4 is 0 Å². The molecule has 1 amide bonds. The third-order valence-corrected chi connectivity index (χ3v) is 3.56. The molecular weight excluding hydrogens is 206 g/mol. The Morgan fingerprint density at radius 1 is 1.56 bits per heavy atom. The Morgan fingerprint density at radius 2 is 2.25 bits per heavy atom. The minimum absolute atomic E-state index is 0.0664. The van der Waals surface area contributed by atoms with E-state index in [4.69, 9.17) is 4.74 Å². The molecule has 2 atom stereocenters. The van der Waals surface area contributed by atoms with Crippen LogP contribution in [0, 0.1) is 5.92 Å². The van der Waals surface area contributed by atoms with Gasteiger partial charge in [0.2, 0.25) is 0 Å². The molecule has 1 saturated carbocycles. The van der Waals surface area contributed by atoms with Crippen molar-refractivity contribution in [2.45, 2.75) is 51.2 Å². The molecule has 0 aromatic carbocycles. The van der Waals surface area contributed by atoms with Gasteiger partial charge in [0.25, 0.3) is 0 Å². The third-order valence-electron chi connectivity index (χ3n) is 3.56. The van der Waals surface area contributed by atoms with E-state index in [0.29, 0.717) is 12.5 Å². The fourth-order valence-electron chi connectivity index (χ4n) is 2.66. The summed E-state index contributed by atoms with van der Waals surface area (Å²) in [7, 11) is 0. The second kappa shape index (κ2) is 3.62. The second-order valence-electron chi connectivity index (χ2n) is 5.94. The molecule has 0 bridgehead atoms. The van der Waals surface area contributed by atoms with Crippen molar-refractivity contribution in [1.82, 2.24) is 4.90 Å². The Balaban J connectivity index is 2.05. The first kappa shape index (κ1) is 11.7. The van der Waals surface area contributed by atoms with Crippen molar-refractivity contribution in [3.8, 4) is 0 Å². The maximum atomic E-state index is 12.0. The molecule has 0 radical (unpaired) electrons. The highest BCUT2D eigenvalue weighted by Gasteiger charge is 2.61. The van der Waals surface area contributed by atoms with Gasteiger partial charge in [0, 0.05) is 6.54 Å². The van der Waals surface area contributed by atoms with Gasteiger partial charge in [-0.3, -0.25) is 4.90 Å². The van der Waals surface area contributed by atoms with Gasteiger partial charge in [0.05, 0.1) is 12.1 Å². The summed E-state index contributed by atoms with van der Waals surface area (Å²) in [6.45, 7) is 6.38. The lowest BCUT2D eigenvalue weighted by molar-refractivity contribution is -0.00425.